The van der Waals surface area contributed by atoms with Gasteiger partial charge in [0, 0.05) is 6.61 Å². The molecule has 0 radical (unpaired) electrons. The Morgan fingerprint density at radius 1 is 1.36 bits per heavy atom. The Bertz CT molecular complexity index is 185. The predicted octanol–water partition coefficient (Wildman–Crippen LogP) is 2.32. The molecule has 2 N–H and O–H groups in total. The van der Waals surface area contributed by atoms with E-state index in [9.17, 15) is 0 Å². The molecule has 1 heterocycles. The first kappa shape index (κ1) is 10.4. The zero-order chi connectivity index (χ0) is 10.0. The maximum Gasteiger partial charge on any atom is 0.0576 e. The summed E-state index contributed by atoms with van der Waals surface area (Å²) in [4.78, 5) is 0. The minimum Gasteiger partial charge on any atom is -0.378 e. The molecule has 2 aliphatic rings. The summed E-state index contributed by atoms with van der Waals surface area (Å²) >= 11 is 0. The van der Waals surface area contributed by atoms with E-state index >= 15 is 0 Å². The van der Waals surface area contributed by atoms with Crippen LogP contribution in [0.25, 0.3) is 0 Å². The summed E-state index contributed by atoms with van der Waals surface area (Å²) in [6.45, 7) is 4.19. The van der Waals surface area contributed by atoms with Crippen LogP contribution in [0.2, 0.25) is 0 Å². The van der Waals surface area contributed by atoms with Crippen LogP contribution in [0.4, 0.5) is 0 Å². The number of rotatable bonds is 5. The fraction of sp³-hybridized carbons (Fsp3) is 1.00. The van der Waals surface area contributed by atoms with Gasteiger partial charge in [0.25, 0.3) is 0 Å². The fourth-order valence-electron chi connectivity index (χ4n) is 2.62. The Kier molecular flexibility index (Phi) is 3.13. The van der Waals surface area contributed by atoms with E-state index in [4.69, 9.17) is 10.5 Å². The molecule has 2 fully saturated rings. The molecule has 2 rings (SSSR count). The first-order chi connectivity index (χ1) is 6.74. The summed E-state index contributed by atoms with van der Waals surface area (Å²) in [6.07, 6.45) is 8.36. The van der Waals surface area contributed by atoms with Crippen LogP contribution in [0.15, 0.2) is 0 Å². The second-order valence-corrected chi connectivity index (χ2v) is 5.31. The molecule has 1 aliphatic carbocycles. The highest BCUT2D eigenvalue weighted by Gasteiger charge is 2.40. The molecule has 0 spiro atoms. The van der Waals surface area contributed by atoms with Gasteiger partial charge in [-0.3, -0.25) is 0 Å². The van der Waals surface area contributed by atoms with Crippen molar-refractivity contribution in [3.8, 4) is 0 Å². The molecule has 1 saturated heterocycles. The van der Waals surface area contributed by atoms with Crippen molar-refractivity contribution in [1.82, 2.24) is 0 Å². The minimum atomic E-state index is 0.409. The Balaban J connectivity index is 1.76. The molecule has 0 amide bonds. The molecule has 2 atom stereocenters. The lowest BCUT2D eigenvalue weighted by Crippen LogP contribution is -2.30. The first-order valence-corrected chi connectivity index (χ1v) is 6.06. The smallest absolute Gasteiger partial charge is 0.0576 e. The monoisotopic (exact) mass is 197 g/mol. The van der Waals surface area contributed by atoms with Crippen LogP contribution in [-0.4, -0.2) is 19.3 Å². The van der Waals surface area contributed by atoms with Crippen LogP contribution < -0.4 is 5.73 Å². The average molecular weight is 197 g/mol. The van der Waals surface area contributed by atoms with Crippen molar-refractivity contribution in [2.75, 3.05) is 13.2 Å². The third-order valence-corrected chi connectivity index (χ3v) is 4.09. The SMILES string of the molecule is CC(CN)(CCC1CCCO1)C1CC1. The van der Waals surface area contributed by atoms with Gasteiger partial charge in [-0.05, 0) is 56.4 Å². The van der Waals surface area contributed by atoms with Crippen LogP contribution in [0, 0.1) is 11.3 Å². The van der Waals surface area contributed by atoms with E-state index in [1.165, 1.54) is 38.5 Å². The normalized spacial score (nSPS) is 31.7. The van der Waals surface area contributed by atoms with E-state index in [1.807, 2.05) is 0 Å². The molecule has 0 bridgehead atoms. The standard InChI is InChI=1S/C12H23NO/c1-12(9-13,10-4-5-10)7-6-11-3-2-8-14-11/h10-11H,2-9,13H2,1H3. The second-order valence-electron chi connectivity index (χ2n) is 5.31. The van der Waals surface area contributed by atoms with Crippen molar-refractivity contribution >= 4 is 0 Å². The number of ether oxygens (including phenoxy) is 1. The Morgan fingerprint density at radius 3 is 2.64 bits per heavy atom. The van der Waals surface area contributed by atoms with E-state index < -0.39 is 0 Å². The van der Waals surface area contributed by atoms with Crippen molar-refractivity contribution in [1.29, 1.82) is 0 Å². The number of hydrogen-bond donors (Lipinski definition) is 1. The van der Waals surface area contributed by atoms with E-state index in [1.54, 1.807) is 0 Å². The van der Waals surface area contributed by atoms with Gasteiger partial charge < -0.3 is 10.5 Å². The van der Waals surface area contributed by atoms with Gasteiger partial charge in [0.2, 0.25) is 0 Å². The van der Waals surface area contributed by atoms with Crippen molar-refractivity contribution in [2.24, 2.45) is 17.1 Å². The Labute approximate surface area is 87.2 Å². The predicted molar refractivity (Wildman–Crippen MR) is 58.1 cm³/mol. The molecule has 0 aromatic rings. The van der Waals surface area contributed by atoms with E-state index in [0.717, 1.165) is 19.1 Å². The zero-order valence-electron chi connectivity index (χ0n) is 9.30. The average Bonchev–Trinajstić information content (AvgIpc) is 2.94. The van der Waals surface area contributed by atoms with Crippen LogP contribution in [0.1, 0.15) is 45.4 Å². The van der Waals surface area contributed by atoms with Crippen molar-refractivity contribution < 1.29 is 4.74 Å². The summed E-state index contributed by atoms with van der Waals surface area (Å²) in [6, 6.07) is 0. The molecule has 82 valence electrons. The van der Waals surface area contributed by atoms with Crippen LogP contribution in [0.5, 0.6) is 0 Å². The molecular weight excluding hydrogens is 174 g/mol. The van der Waals surface area contributed by atoms with Gasteiger partial charge in [-0.25, -0.2) is 0 Å². The van der Waals surface area contributed by atoms with Gasteiger partial charge in [-0.1, -0.05) is 6.92 Å². The number of hydrogen-bond acceptors (Lipinski definition) is 2. The fourth-order valence-corrected chi connectivity index (χ4v) is 2.62. The van der Waals surface area contributed by atoms with E-state index in [0.29, 0.717) is 11.5 Å². The minimum absolute atomic E-state index is 0.409. The van der Waals surface area contributed by atoms with Gasteiger partial charge >= 0.3 is 0 Å². The Morgan fingerprint density at radius 2 is 2.14 bits per heavy atom. The summed E-state index contributed by atoms with van der Waals surface area (Å²) in [5, 5.41) is 0. The van der Waals surface area contributed by atoms with Crippen LogP contribution in [0.3, 0.4) is 0 Å². The topological polar surface area (TPSA) is 35.2 Å². The van der Waals surface area contributed by atoms with Crippen molar-refractivity contribution in [3.05, 3.63) is 0 Å². The first-order valence-electron chi connectivity index (χ1n) is 6.06. The second kappa shape index (κ2) is 4.19. The van der Waals surface area contributed by atoms with E-state index in [-0.39, 0.29) is 0 Å². The summed E-state index contributed by atoms with van der Waals surface area (Å²) in [7, 11) is 0. The van der Waals surface area contributed by atoms with Crippen molar-refractivity contribution in [2.45, 2.75) is 51.6 Å². The molecule has 14 heavy (non-hydrogen) atoms. The van der Waals surface area contributed by atoms with Crippen LogP contribution in [-0.2, 0) is 4.74 Å². The van der Waals surface area contributed by atoms with Gasteiger partial charge in [0.05, 0.1) is 6.10 Å². The molecule has 0 aromatic heterocycles. The molecule has 2 unspecified atom stereocenters. The highest BCUT2D eigenvalue weighted by molar-refractivity contribution is 4.92. The van der Waals surface area contributed by atoms with Gasteiger partial charge in [-0.15, -0.1) is 0 Å². The summed E-state index contributed by atoms with van der Waals surface area (Å²) in [5.41, 5.74) is 6.30. The van der Waals surface area contributed by atoms with Gasteiger partial charge in [0.15, 0.2) is 0 Å². The molecule has 2 nitrogen and oxygen atoms in total. The maximum absolute atomic E-state index is 5.89. The lowest BCUT2D eigenvalue weighted by Gasteiger charge is -2.29. The van der Waals surface area contributed by atoms with Gasteiger partial charge in [-0.2, -0.15) is 0 Å². The summed E-state index contributed by atoms with van der Waals surface area (Å²) in [5.74, 6) is 0.911. The maximum atomic E-state index is 5.89. The highest BCUT2D eigenvalue weighted by atomic mass is 16.5. The third-order valence-electron chi connectivity index (χ3n) is 4.09. The van der Waals surface area contributed by atoms with E-state index in [2.05, 4.69) is 6.92 Å². The van der Waals surface area contributed by atoms with Crippen molar-refractivity contribution in [3.63, 3.8) is 0 Å². The Hall–Kier alpha value is -0.0800. The lowest BCUT2D eigenvalue weighted by molar-refractivity contribution is 0.0871. The number of nitrogens with two attached hydrogens (primary N) is 1. The largest absolute Gasteiger partial charge is 0.378 e. The third kappa shape index (κ3) is 2.29. The van der Waals surface area contributed by atoms with Gasteiger partial charge in [0.1, 0.15) is 0 Å². The molecule has 1 aliphatic heterocycles. The van der Waals surface area contributed by atoms with Crippen LogP contribution >= 0.6 is 0 Å². The molecular formula is C12H23NO. The zero-order valence-corrected chi connectivity index (χ0v) is 9.30. The molecule has 1 saturated carbocycles. The summed E-state index contributed by atoms with van der Waals surface area (Å²) < 4.78 is 5.65. The quantitative estimate of drug-likeness (QED) is 0.734. The molecule has 2 heteroatoms. The lowest BCUT2D eigenvalue weighted by atomic mass is 9.79. The highest BCUT2D eigenvalue weighted by Crippen LogP contribution is 2.48. The molecule has 0 aromatic carbocycles.